The quantitative estimate of drug-likeness (QED) is 0.185. The maximum atomic E-state index is 6.15. The number of fused-ring (bicyclic) bond motifs is 4. The van der Waals surface area contributed by atoms with Gasteiger partial charge in [0.2, 0.25) is 0 Å². The largest absolute Gasteiger partial charge is 0.456 e. The summed E-state index contributed by atoms with van der Waals surface area (Å²) in [4.78, 5) is 2.41. The van der Waals surface area contributed by atoms with E-state index in [4.69, 9.17) is 4.42 Å². The fourth-order valence-electron chi connectivity index (χ4n) is 6.90. The Morgan fingerprint density at radius 3 is 1.65 bits per heavy atom. The Kier molecular flexibility index (Phi) is 6.84. The molecule has 2 nitrogen and oxygen atoms in total. The summed E-state index contributed by atoms with van der Waals surface area (Å²) in [5, 5.41) is 4.66. The highest BCUT2D eigenvalue weighted by Crippen LogP contribution is 2.43. The van der Waals surface area contributed by atoms with Crippen molar-refractivity contribution in [2.24, 2.45) is 0 Å². The number of benzene rings is 8. The van der Waals surface area contributed by atoms with E-state index >= 15 is 0 Å². The molecule has 1 aromatic heterocycles. The minimum absolute atomic E-state index is 0.902. The SMILES string of the molecule is c1ccc(-c2cc(-c3ccccc3)cc(N(c3cccc(-c4ccc5oc6ccccc6c5c4)c3)c3cccc4ccccc34)c2)cc1. The van der Waals surface area contributed by atoms with Crippen LogP contribution >= 0.6 is 0 Å². The van der Waals surface area contributed by atoms with Crippen LogP contribution in [0.5, 0.6) is 0 Å². The molecule has 8 aromatic carbocycles. The van der Waals surface area contributed by atoms with Gasteiger partial charge in [-0.15, -0.1) is 0 Å². The molecule has 48 heavy (non-hydrogen) atoms. The van der Waals surface area contributed by atoms with E-state index in [1.54, 1.807) is 0 Å². The molecular formula is C46H31NO. The molecule has 0 spiro atoms. The number of rotatable bonds is 6. The van der Waals surface area contributed by atoms with Gasteiger partial charge in [-0.25, -0.2) is 0 Å². The van der Waals surface area contributed by atoms with Gasteiger partial charge in [-0.1, -0.05) is 133 Å². The van der Waals surface area contributed by atoms with E-state index in [1.165, 1.54) is 33.0 Å². The van der Waals surface area contributed by atoms with Gasteiger partial charge in [-0.3, -0.25) is 0 Å². The van der Waals surface area contributed by atoms with Gasteiger partial charge in [0.1, 0.15) is 11.2 Å². The van der Waals surface area contributed by atoms with Crippen LogP contribution in [0.1, 0.15) is 0 Å². The summed E-state index contributed by atoms with van der Waals surface area (Å²) in [6.07, 6.45) is 0. The first-order valence-corrected chi connectivity index (χ1v) is 16.3. The zero-order chi connectivity index (χ0) is 31.9. The average Bonchev–Trinajstić information content (AvgIpc) is 3.54. The molecule has 226 valence electrons. The fourth-order valence-corrected chi connectivity index (χ4v) is 6.90. The predicted octanol–water partition coefficient (Wildman–Crippen LogP) is 13.2. The lowest BCUT2D eigenvalue weighted by Gasteiger charge is -2.28. The van der Waals surface area contributed by atoms with E-state index in [2.05, 4.69) is 181 Å². The number of nitrogens with zero attached hydrogens (tertiary/aromatic N) is 1. The van der Waals surface area contributed by atoms with Crippen LogP contribution < -0.4 is 4.90 Å². The van der Waals surface area contributed by atoms with Gasteiger partial charge in [-0.05, 0) is 93.4 Å². The minimum atomic E-state index is 0.902. The maximum Gasteiger partial charge on any atom is 0.135 e. The third-order valence-electron chi connectivity index (χ3n) is 9.21. The van der Waals surface area contributed by atoms with Crippen molar-refractivity contribution in [3.63, 3.8) is 0 Å². The zero-order valence-electron chi connectivity index (χ0n) is 26.3. The maximum absolute atomic E-state index is 6.15. The van der Waals surface area contributed by atoms with Crippen LogP contribution in [0.15, 0.2) is 192 Å². The van der Waals surface area contributed by atoms with Crippen molar-refractivity contribution in [1.29, 1.82) is 0 Å². The minimum Gasteiger partial charge on any atom is -0.456 e. The van der Waals surface area contributed by atoms with Crippen LogP contribution in [-0.2, 0) is 0 Å². The van der Waals surface area contributed by atoms with E-state index in [0.717, 1.165) is 50.1 Å². The Balaban J connectivity index is 1.27. The fraction of sp³-hybridized carbons (Fsp3) is 0. The molecule has 0 unspecified atom stereocenters. The molecule has 0 saturated carbocycles. The number of anilines is 3. The summed E-state index contributed by atoms with van der Waals surface area (Å²) in [7, 11) is 0. The summed E-state index contributed by atoms with van der Waals surface area (Å²) in [6.45, 7) is 0. The molecular weight excluding hydrogens is 583 g/mol. The molecule has 0 fully saturated rings. The summed E-state index contributed by atoms with van der Waals surface area (Å²) in [5.74, 6) is 0. The van der Waals surface area contributed by atoms with Crippen LogP contribution in [0.2, 0.25) is 0 Å². The van der Waals surface area contributed by atoms with Crippen molar-refractivity contribution in [2.75, 3.05) is 4.90 Å². The summed E-state index contributed by atoms with van der Waals surface area (Å²) in [5.41, 5.74) is 12.1. The van der Waals surface area contributed by atoms with Gasteiger partial charge < -0.3 is 9.32 Å². The predicted molar refractivity (Wildman–Crippen MR) is 202 cm³/mol. The smallest absolute Gasteiger partial charge is 0.135 e. The van der Waals surface area contributed by atoms with E-state index in [1.807, 2.05) is 12.1 Å². The van der Waals surface area contributed by atoms with Gasteiger partial charge >= 0.3 is 0 Å². The highest BCUT2D eigenvalue weighted by molar-refractivity contribution is 6.06. The lowest BCUT2D eigenvalue weighted by molar-refractivity contribution is 0.669. The monoisotopic (exact) mass is 613 g/mol. The molecule has 0 bridgehead atoms. The average molecular weight is 614 g/mol. The first kappa shape index (κ1) is 27.9. The number of hydrogen-bond acceptors (Lipinski definition) is 2. The van der Waals surface area contributed by atoms with Gasteiger partial charge in [0.05, 0.1) is 5.69 Å². The number of furan rings is 1. The Morgan fingerprint density at radius 1 is 0.312 bits per heavy atom. The molecule has 9 aromatic rings. The Labute approximate surface area is 279 Å². The molecule has 0 aliphatic rings. The lowest BCUT2D eigenvalue weighted by Crippen LogP contribution is -2.11. The lowest BCUT2D eigenvalue weighted by atomic mass is 9.96. The van der Waals surface area contributed by atoms with Gasteiger partial charge in [-0.2, -0.15) is 0 Å². The molecule has 0 radical (unpaired) electrons. The first-order valence-electron chi connectivity index (χ1n) is 16.3. The molecule has 0 aliphatic carbocycles. The third-order valence-corrected chi connectivity index (χ3v) is 9.21. The zero-order valence-corrected chi connectivity index (χ0v) is 26.3. The molecule has 0 amide bonds. The molecule has 1 heterocycles. The Hall–Kier alpha value is -6.38. The molecule has 0 aliphatic heterocycles. The van der Waals surface area contributed by atoms with Crippen LogP contribution in [0.4, 0.5) is 17.1 Å². The van der Waals surface area contributed by atoms with Crippen LogP contribution in [0.3, 0.4) is 0 Å². The second kappa shape index (κ2) is 11.8. The van der Waals surface area contributed by atoms with E-state index in [-0.39, 0.29) is 0 Å². The van der Waals surface area contributed by atoms with Crippen molar-refractivity contribution in [1.82, 2.24) is 0 Å². The van der Waals surface area contributed by atoms with Crippen molar-refractivity contribution >= 4 is 49.8 Å². The first-order chi connectivity index (χ1) is 23.8. The van der Waals surface area contributed by atoms with Gasteiger partial charge in [0, 0.05) is 27.5 Å². The van der Waals surface area contributed by atoms with Crippen LogP contribution in [-0.4, -0.2) is 0 Å². The molecule has 0 atom stereocenters. The van der Waals surface area contributed by atoms with Gasteiger partial charge in [0.25, 0.3) is 0 Å². The summed E-state index contributed by atoms with van der Waals surface area (Å²) >= 11 is 0. The van der Waals surface area contributed by atoms with Crippen LogP contribution in [0, 0.1) is 0 Å². The van der Waals surface area contributed by atoms with Crippen molar-refractivity contribution < 1.29 is 4.42 Å². The highest BCUT2D eigenvalue weighted by Gasteiger charge is 2.19. The normalized spacial score (nSPS) is 11.3. The van der Waals surface area contributed by atoms with E-state index in [0.29, 0.717) is 0 Å². The third kappa shape index (κ3) is 5.01. The van der Waals surface area contributed by atoms with E-state index < -0.39 is 0 Å². The Morgan fingerprint density at radius 2 is 0.875 bits per heavy atom. The molecule has 9 rings (SSSR count). The topological polar surface area (TPSA) is 16.4 Å². The number of hydrogen-bond donors (Lipinski definition) is 0. The Bertz CT molecular complexity index is 2500. The van der Waals surface area contributed by atoms with Crippen molar-refractivity contribution in [3.8, 4) is 33.4 Å². The van der Waals surface area contributed by atoms with Crippen LogP contribution in [0.25, 0.3) is 66.1 Å². The van der Waals surface area contributed by atoms with E-state index in [9.17, 15) is 0 Å². The highest BCUT2D eigenvalue weighted by atomic mass is 16.3. The molecule has 0 saturated heterocycles. The second-order valence-electron chi connectivity index (χ2n) is 12.2. The van der Waals surface area contributed by atoms with Crippen molar-refractivity contribution in [2.45, 2.75) is 0 Å². The van der Waals surface area contributed by atoms with Gasteiger partial charge in [0.15, 0.2) is 0 Å². The summed E-state index contributed by atoms with van der Waals surface area (Å²) < 4.78 is 6.15. The standard InChI is InChI=1S/C46H31NO/c1-3-13-32(14-4-1)37-27-38(33-15-5-2-6-16-33)30-40(29-37)47(44-23-12-18-34-17-7-8-21-41(34)44)39-20-11-19-35(28-39)36-25-26-46-43(31-36)42-22-9-10-24-45(42)48-46/h1-31H. The molecule has 0 N–H and O–H groups in total. The summed E-state index contributed by atoms with van der Waals surface area (Å²) in [6, 6.07) is 67.1. The second-order valence-corrected chi connectivity index (χ2v) is 12.2. The molecule has 2 heteroatoms. The number of para-hydroxylation sites is 1. The van der Waals surface area contributed by atoms with Crippen molar-refractivity contribution in [3.05, 3.63) is 188 Å².